The molecular weight excluding hydrogens is 128 g/mol. The number of hydrogen-bond acceptors (Lipinski definition) is 3. The Kier molecular flexibility index (Phi) is 2.65. The lowest BCUT2D eigenvalue weighted by atomic mass is 10.1. The predicted molar refractivity (Wildman–Crippen MR) is 40.9 cm³/mol. The normalized spacial score (nSPS) is 33.6. The molecule has 1 unspecified atom stereocenters. The van der Waals surface area contributed by atoms with Crippen LogP contribution in [-0.4, -0.2) is 49.8 Å². The quantitative estimate of drug-likeness (QED) is 0.529. The first-order valence-corrected chi connectivity index (χ1v) is 3.73. The zero-order chi connectivity index (χ0) is 7.56. The lowest BCUT2D eigenvalue weighted by molar-refractivity contribution is 0.129. The summed E-state index contributed by atoms with van der Waals surface area (Å²) >= 11 is 0. The SMILES string of the molecule is CN(C)CC1CNC[C@@H]1O. The van der Waals surface area contributed by atoms with Crippen LogP contribution >= 0.6 is 0 Å². The van der Waals surface area contributed by atoms with Crippen molar-refractivity contribution in [3.8, 4) is 0 Å². The molecule has 1 fully saturated rings. The number of aliphatic hydroxyl groups is 1. The third-order valence-electron chi connectivity index (χ3n) is 1.90. The molecule has 0 amide bonds. The molecule has 0 aromatic rings. The largest absolute Gasteiger partial charge is 0.391 e. The fraction of sp³-hybridized carbons (Fsp3) is 1.00. The second-order valence-corrected chi connectivity index (χ2v) is 3.25. The molecule has 0 bridgehead atoms. The van der Waals surface area contributed by atoms with Crippen molar-refractivity contribution >= 4 is 0 Å². The number of β-amino-alcohol motifs (C(OH)–C–C–N with tert-alkyl or cyclic N) is 1. The van der Waals surface area contributed by atoms with E-state index in [2.05, 4.69) is 10.2 Å². The van der Waals surface area contributed by atoms with Gasteiger partial charge in [-0.2, -0.15) is 0 Å². The maximum atomic E-state index is 9.35. The average molecular weight is 144 g/mol. The van der Waals surface area contributed by atoms with Gasteiger partial charge in [0.2, 0.25) is 0 Å². The molecule has 2 N–H and O–H groups in total. The van der Waals surface area contributed by atoms with E-state index < -0.39 is 0 Å². The van der Waals surface area contributed by atoms with Crippen LogP contribution in [0.5, 0.6) is 0 Å². The second kappa shape index (κ2) is 3.32. The first-order valence-electron chi connectivity index (χ1n) is 3.73. The Balaban J connectivity index is 2.26. The number of aliphatic hydroxyl groups excluding tert-OH is 1. The van der Waals surface area contributed by atoms with Crippen molar-refractivity contribution in [2.45, 2.75) is 6.10 Å². The smallest absolute Gasteiger partial charge is 0.0717 e. The summed E-state index contributed by atoms with van der Waals surface area (Å²) in [6.45, 7) is 2.70. The summed E-state index contributed by atoms with van der Waals surface area (Å²) in [5.74, 6) is 0.426. The summed E-state index contributed by atoms with van der Waals surface area (Å²) in [6, 6.07) is 0. The van der Waals surface area contributed by atoms with Crippen molar-refractivity contribution < 1.29 is 5.11 Å². The van der Waals surface area contributed by atoms with Crippen LogP contribution in [0.2, 0.25) is 0 Å². The number of hydrogen-bond donors (Lipinski definition) is 2. The van der Waals surface area contributed by atoms with Gasteiger partial charge < -0.3 is 15.3 Å². The van der Waals surface area contributed by atoms with Crippen LogP contribution < -0.4 is 5.32 Å². The molecule has 1 saturated heterocycles. The van der Waals surface area contributed by atoms with Crippen LogP contribution in [0.3, 0.4) is 0 Å². The average Bonchev–Trinajstić information content (AvgIpc) is 2.15. The minimum atomic E-state index is -0.137. The molecule has 1 aliphatic heterocycles. The van der Waals surface area contributed by atoms with E-state index in [9.17, 15) is 5.11 Å². The van der Waals surface area contributed by atoms with Crippen molar-refractivity contribution in [1.82, 2.24) is 10.2 Å². The summed E-state index contributed by atoms with van der Waals surface area (Å²) in [4.78, 5) is 2.11. The zero-order valence-electron chi connectivity index (χ0n) is 6.67. The van der Waals surface area contributed by atoms with Gasteiger partial charge in [-0.15, -0.1) is 0 Å². The Hall–Kier alpha value is -0.120. The number of nitrogens with one attached hydrogen (secondary N) is 1. The maximum Gasteiger partial charge on any atom is 0.0717 e. The highest BCUT2D eigenvalue weighted by Gasteiger charge is 2.24. The van der Waals surface area contributed by atoms with E-state index in [0.29, 0.717) is 5.92 Å². The Morgan fingerprint density at radius 1 is 1.50 bits per heavy atom. The molecule has 0 aromatic carbocycles. The molecule has 60 valence electrons. The first-order chi connectivity index (χ1) is 4.70. The minimum Gasteiger partial charge on any atom is -0.391 e. The highest BCUT2D eigenvalue weighted by molar-refractivity contribution is 4.81. The highest BCUT2D eigenvalue weighted by atomic mass is 16.3. The molecule has 1 aliphatic rings. The fourth-order valence-electron chi connectivity index (χ4n) is 1.37. The van der Waals surface area contributed by atoms with Crippen molar-refractivity contribution in [3.05, 3.63) is 0 Å². The molecule has 0 saturated carbocycles. The zero-order valence-corrected chi connectivity index (χ0v) is 6.67. The van der Waals surface area contributed by atoms with E-state index in [-0.39, 0.29) is 6.10 Å². The van der Waals surface area contributed by atoms with Crippen LogP contribution in [0.25, 0.3) is 0 Å². The van der Waals surface area contributed by atoms with Gasteiger partial charge in [0, 0.05) is 25.6 Å². The highest BCUT2D eigenvalue weighted by Crippen LogP contribution is 2.08. The molecule has 10 heavy (non-hydrogen) atoms. The molecular formula is C7H16N2O. The summed E-state index contributed by atoms with van der Waals surface area (Å²) in [5, 5.41) is 12.5. The van der Waals surface area contributed by atoms with Crippen LogP contribution in [0.15, 0.2) is 0 Å². The van der Waals surface area contributed by atoms with E-state index in [1.54, 1.807) is 0 Å². The Bertz CT molecular complexity index is 106. The molecule has 0 radical (unpaired) electrons. The molecule has 3 nitrogen and oxygen atoms in total. The number of rotatable bonds is 2. The topological polar surface area (TPSA) is 35.5 Å². The molecule has 2 atom stereocenters. The molecule has 0 aromatic heterocycles. The first kappa shape index (κ1) is 7.98. The Morgan fingerprint density at radius 3 is 2.60 bits per heavy atom. The van der Waals surface area contributed by atoms with Crippen LogP contribution in [0.4, 0.5) is 0 Å². The van der Waals surface area contributed by atoms with Gasteiger partial charge in [-0.05, 0) is 14.1 Å². The maximum absolute atomic E-state index is 9.35. The molecule has 0 spiro atoms. The van der Waals surface area contributed by atoms with Crippen LogP contribution in [0, 0.1) is 5.92 Å². The van der Waals surface area contributed by atoms with E-state index in [1.807, 2.05) is 14.1 Å². The second-order valence-electron chi connectivity index (χ2n) is 3.25. The third-order valence-corrected chi connectivity index (χ3v) is 1.90. The molecule has 1 heterocycles. The summed E-state index contributed by atoms with van der Waals surface area (Å²) in [6.07, 6.45) is -0.137. The van der Waals surface area contributed by atoms with Crippen molar-refractivity contribution in [2.24, 2.45) is 5.92 Å². The van der Waals surface area contributed by atoms with Gasteiger partial charge in [-0.25, -0.2) is 0 Å². The van der Waals surface area contributed by atoms with Gasteiger partial charge in [-0.1, -0.05) is 0 Å². The van der Waals surface area contributed by atoms with Crippen molar-refractivity contribution in [3.63, 3.8) is 0 Å². The predicted octanol–water partition coefficient (Wildman–Crippen LogP) is -0.872. The van der Waals surface area contributed by atoms with Gasteiger partial charge in [0.25, 0.3) is 0 Å². The lowest BCUT2D eigenvalue weighted by Crippen LogP contribution is -2.29. The lowest BCUT2D eigenvalue weighted by Gasteiger charge is -2.17. The third kappa shape index (κ3) is 1.94. The molecule has 3 heteroatoms. The number of nitrogens with zero attached hydrogens (tertiary/aromatic N) is 1. The fourth-order valence-corrected chi connectivity index (χ4v) is 1.37. The summed E-state index contributed by atoms with van der Waals surface area (Å²) in [5.41, 5.74) is 0. The van der Waals surface area contributed by atoms with Gasteiger partial charge in [-0.3, -0.25) is 0 Å². The minimum absolute atomic E-state index is 0.137. The van der Waals surface area contributed by atoms with Crippen LogP contribution in [0.1, 0.15) is 0 Å². The molecule has 1 rings (SSSR count). The van der Waals surface area contributed by atoms with Gasteiger partial charge >= 0.3 is 0 Å². The van der Waals surface area contributed by atoms with Gasteiger partial charge in [0.05, 0.1) is 6.10 Å². The Morgan fingerprint density at radius 2 is 2.20 bits per heavy atom. The van der Waals surface area contributed by atoms with Crippen LogP contribution in [-0.2, 0) is 0 Å². The van der Waals surface area contributed by atoms with E-state index >= 15 is 0 Å². The van der Waals surface area contributed by atoms with Gasteiger partial charge in [0.1, 0.15) is 0 Å². The van der Waals surface area contributed by atoms with E-state index in [0.717, 1.165) is 19.6 Å². The van der Waals surface area contributed by atoms with Crippen molar-refractivity contribution in [2.75, 3.05) is 33.7 Å². The Labute approximate surface area is 62.0 Å². The standard InChI is InChI=1S/C7H16N2O/c1-9(2)5-6-3-8-4-7(6)10/h6-8,10H,3-5H2,1-2H3/t6?,7-/m0/s1. The molecule has 0 aliphatic carbocycles. The van der Waals surface area contributed by atoms with Gasteiger partial charge in [0.15, 0.2) is 0 Å². The van der Waals surface area contributed by atoms with Crippen molar-refractivity contribution in [1.29, 1.82) is 0 Å². The van der Waals surface area contributed by atoms with E-state index in [4.69, 9.17) is 0 Å². The van der Waals surface area contributed by atoms with E-state index in [1.165, 1.54) is 0 Å². The summed E-state index contributed by atoms with van der Waals surface area (Å²) < 4.78 is 0. The summed E-state index contributed by atoms with van der Waals surface area (Å²) in [7, 11) is 4.07. The monoisotopic (exact) mass is 144 g/mol.